The lowest BCUT2D eigenvalue weighted by Crippen LogP contribution is -1.72. The highest BCUT2D eigenvalue weighted by molar-refractivity contribution is 7.79. The van der Waals surface area contributed by atoms with Gasteiger partial charge in [-0.1, -0.05) is 13.3 Å². The van der Waals surface area contributed by atoms with E-state index < -0.39 is 0 Å². The third-order valence-electron chi connectivity index (χ3n) is 1.37. The predicted octanol–water partition coefficient (Wildman–Crippen LogP) is 3.13. The molecule has 56 valence electrons. The number of hydrogen-bond donors (Lipinski definition) is 1. The second-order valence-corrected chi connectivity index (χ2v) is 3.85. The molecule has 0 amide bonds. The van der Waals surface area contributed by atoms with Crippen molar-refractivity contribution in [3.8, 4) is 0 Å². The van der Waals surface area contributed by atoms with Crippen molar-refractivity contribution < 1.29 is 0 Å². The van der Waals surface area contributed by atoms with Gasteiger partial charge < -0.3 is 0 Å². The van der Waals surface area contributed by atoms with Crippen LogP contribution < -0.4 is 0 Å². The minimum absolute atomic E-state index is 0.883. The molecule has 0 spiro atoms. The van der Waals surface area contributed by atoms with Gasteiger partial charge in [-0.15, -0.1) is 11.3 Å². The van der Waals surface area contributed by atoms with Crippen LogP contribution in [-0.2, 0) is 12.2 Å². The van der Waals surface area contributed by atoms with Gasteiger partial charge in [-0.2, -0.15) is 12.6 Å². The van der Waals surface area contributed by atoms with E-state index in [-0.39, 0.29) is 0 Å². The summed E-state index contributed by atoms with van der Waals surface area (Å²) in [6, 6.07) is 4.38. The van der Waals surface area contributed by atoms with Gasteiger partial charge in [-0.3, -0.25) is 0 Å². The zero-order chi connectivity index (χ0) is 7.40. The molecule has 0 aliphatic rings. The Bertz CT molecular complexity index is 191. The van der Waals surface area contributed by atoms with Crippen molar-refractivity contribution in [3.05, 3.63) is 21.9 Å². The Hall–Kier alpha value is 0.0500. The maximum atomic E-state index is 4.20. The minimum atomic E-state index is 0.883. The molecular weight excluding hydrogens is 160 g/mol. The second kappa shape index (κ2) is 4.04. The Morgan fingerprint density at radius 3 is 2.60 bits per heavy atom. The molecule has 1 rings (SSSR count). The van der Waals surface area contributed by atoms with Gasteiger partial charge in [-0.05, 0) is 18.6 Å². The van der Waals surface area contributed by atoms with Gasteiger partial charge in [0.05, 0.1) is 0 Å². The topological polar surface area (TPSA) is 0 Å². The normalized spacial score (nSPS) is 10.2. The molecule has 1 heterocycles. The van der Waals surface area contributed by atoms with Gasteiger partial charge in [0.2, 0.25) is 0 Å². The van der Waals surface area contributed by atoms with Crippen molar-refractivity contribution in [2.45, 2.75) is 25.5 Å². The third kappa shape index (κ3) is 2.03. The summed E-state index contributed by atoms with van der Waals surface area (Å²) in [5.41, 5.74) is 0. The quantitative estimate of drug-likeness (QED) is 0.665. The van der Waals surface area contributed by atoms with E-state index in [2.05, 4.69) is 31.7 Å². The smallest absolute Gasteiger partial charge is 0.0248 e. The second-order valence-electron chi connectivity index (χ2n) is 2.28. The van der Waals surface area contributed by atoms with E-state index in [1.807, 2.05) is 11.3 Å². The van der Waals surface area contributed by atoms with E-state index in [0.29, 0.717) is 0 Å². The van der Waals surface area contributed by atoms with Crippen LogP contribution in [-0.4, -0.2) is 0 Å². The molecule has 0 nitrogen and oxygen atoms in total. The maximum Gasteiger partial charge on any atom is 0.0248 e. The largest absolute Gasteiger partial charge is 0.174 e. The molecule has 2 heteroatoms. The van der Waals surface area contributed by atoms with E-state index >= 15 is 0 Å². The summed E-state index contributed by atoms with van der Waals surface area (Å²) in [7, 11) is 0. The lowest BCUT2D eigenvalue weighted by molar-refractivity contribution is 0.940. The van der Waals surface area contributed by atoms with Crippen LogP contribution in [0.25, 0.3) is 0 Å². The van der Waals surface area contributed by atoms with Crippen molar-refractivity contribution in [1.29, 1.82) is 0 Å². The number of aryl methyl sites for hydroxylation is 1. The lowest BCUT2D eigenvalue weighted by atomic mass is 10.3. The van der Waals surface area contributed by atoms with E-state index in [0.717, 1.165) is 5.75 Å². The summed E-state index contributed by atoms with van der Waals surface area (Å²) in [4.78, 5) is 2.87. The van der Waals surface area contributed by atoms with Crippen molar-refractivity contribution in [3.63, 3.8) is 0 Å². The molecule has 0 N–H and O–H groups in total. The standard InChI is InChI=1S/C8H12S2/c1-2-3-7-4-5-8(6-9)10-7/h4-5,9H,2-3,6H2,1H3. The van der Waals surface area contributed by atoms with Gasteiger partial charge in [0, 0.05) is 15.5 Å². The highest BCUT2D eigenvalue weighted by atomic mass is 32.1. The van der Waals surface area contributed by atoms with E-state index in [4.69, 9.17) is 0 Å². The molecule has 0 fully saturated rings. The van der Waals surface area contributed by atoms with Crippen LogP contribution in [0.15, 0.2) is 12.1 Å². The van der Waals surface area contributed by atoms with Gasteiger partial charge in [-0.25, -0.2) is 0 Å². The Labute approximate surface area is 71.7 Å². The minimum Gasteiger partial charge on any atom is -0.174 e. The number of thiol groups is 1. The van der Waals surface area contributed by atoms with Gasteiger partial charge in [0.1, 0.15) is 0 Å². The van der Waals surface area contributed by atoms with Crippen molar-refractivity contribution in [2.75, 3.05) is 0 Å². The Kier molecular flexibility index (Phi) is 3.29. The fourth-order valence-corrected chi connectivity index (χ4v) is 2.17. The molecule has 0 unspecified atom stereocenters. The highest BCUT2D eigenvalue weighted by Gasteiger charge is 1.95. The van der Waals surface area contributed by atoms with Crippen molar-refractivity contribution >= 4 is 24.0 Å². The van der Waals surface area contributed by atoms with Gasteiger partial charge >= 0.3 is 0 Å². The SMILES string of the molecule is CCCc1ccc(CS)s1. The van der Waals surface area contributed by atoms with Crippen LogP contribution >= 0.6 is 24.0 Å². The Morgan fingerprint density at radius 1 is 1.40 bits per heavy atom. The van der Waals surface area contributed by atoms with Gasteiger partial charge in [0.25, 0.3) is 0 Å². The predicted molar refractivity (Wildman–Crippen MR) is 51.0 cm³/mol. The zero-order valence-corrected chi connectivity index (χ0v) is 7.84. The van der Waals surface area contributed by atoms with Crippen molar-refractivity contribution in [1.82, 2.24) is 0 Å². The number of thiophene rings is 1. The molecule has 10 heavy (non-hydrogen) atoms. The molecule has 0 aliphatic heterocycles. The van der Waals surface area contributed by atoms with E-state index in [1.165, 1.54) is 22.6 Å². The summed E-state index contributed by atoms with van der Waals surface area (Å²) < 4.78 is 0. The van der Waals surface area contributed by atoms with Crippen LogP contribution in [0.2, 0.25) is 0 Å². The first-order valence-electron chi connectivity index (χ1n) is 3.55. The Morgan fingerprint density at radius 2 is 2.10 bits per heavy atom. The van der Waals surface area contributed by atoms with Crippen LogP contribution in [0.5, 0.6) is 0 Å². The number of rotatable bonds is 3. The van der Waals surface area contributed by atoms with E-state index in [9.17, 15) is 0 Å². The fourth-order valence-electron chi connectivity index (χ4n) is 0.888. The molecule has 0 bridgehead atoms. The molecule has 0 atom stereocenters. The lowest BCUT2D eigenvalue weighted by Gasteiger charge is -1.88. The molecule has 1 aromatic heterocycles. The molecular formula is C8H12S2. The Balaban J connectivity index is 2.59. The van der Waals surface area contributed by atoms with Crippen LogP contribution in [0.4, 0.5) is 0 Å². The summed E-state index contributed by atoms with van der Waals surface area (Å²) in [5, 5.41) is 0. The molecule has 0 saturated carbocycles. The average Bonchev–Trinajstić information content (AvgIpc) is 2.37. The van der Waals surface area contributed by atoms with Crippen molar-refractivity contribution in [2.24, 2.45) is 0 Å². The first-order valence-corrected chi connectivity index (χ1v) is 5.00. The number of hydrogen-bond acceptors (Lipinski definition) is 2. The van der Waals surface area contributed by atoms with E-state index in [1.54, 1.807) is 0 Å². The monoisotopic (exact) mass is 172 g/mol. The van der Waals surface area contributed by atoms with Crippen LogP contribution in [0.1, 0.15) is 23.1 Å². The third-order valence-corrected chi connectivity index (χ3v) is 3.07. The summed E-state index contributed by atoms with van der Waals surface area (Å²) in [6.45, 7) is 2.21. The summed E-state index contributed by atoms with van der Waals surface area (Å²) >= 11 is 6.08. The highest BCUT2D eigenvalue weighted by Crippen LogP contribution is 2.18. The molecule has 0 radical (unpaired) electrons. The van der Waals surface area contributed by atoms with Crippen LogP contribution in [0, 0.1) is 0 Å². The molecule has 0 saturated heterocycles. The molecule has 1 aromatic rings. The van der Waals surface area contributed by atoms with Crippen LogP contribution in [0.3, 0.4) is 0 Å². The first kappa shape index (κ1) is 8.15. The fraction of sp³-hybridized carbons (Fsp3) is 0.500. The molecule has 0 aliphatic carbocycles. The maximum absolute atomic E-state index is 4.20. The molecule has 0 aromatic carbocycles. The summed E-state index contributed by atoms with van der Waals surface area (Å²) in [6.07, 6.45) is 2.46. The zero-order valence-electron chi connectivity index (χ0n) is 6.13. The average molecular weight is 172 g/mol. The first-order chi connectivity index (χ1) is 4.86. The summed E-state index contributed by atoms with van der Waals surface area (Å²) in [5.74, 6) is 0.883. The van der Waals surface area contributed by atoms with Gasteiger partial charge in [0.15, 0.2) is 0 Å².